The summed E-state index contributed by atoms with van der Waals surface area (Å²) in [6.45, 7) is 8.63. The van der Waals surface area contributed by atoms with Gasteiger partial charge in [0.1, 0.15) is 0 Å². The molecule has 1 aliphatic carbocycles. The molecule has 1 aromatic rings. The van der Waals surface area contributed by atoms with Crippen molar-refractivity contribution in [3.05, 3.63) is 34.9 Å². The third-order valence-electron chi connectivity index (χ3n) is 5.96. The topological polar surface area (TPSA) is 35.6 Å². The maximum Gasteiger partial charge on any atom is 0.251 e. The summed E-state index contributed by atoms with van der Waals surface area (Å²) < 4.78 is 0. The number of nitrogens with zero attached hydrogens (tertiary/aromatic N) is 2. The predicted octanol–water partition coefficient (Wildman–Crippen LogP) is 3.41. The third kappa shape index (κ3) is 4.55. The first kappa shape index (κ1) is 18.7. The highest BCUT2D eigenvalue weighted by atomic mass is 35.5. The Morgan fingerprint density at radius 2 is 1.72 bits per heavy atom. The molecule has 1 heterocycles. The maximum atomic E-state index is 12.5. The Bertz CT molecular complexity index is 561. The minimum Gasteiger partial charge on any atom is -0.350 e. The van der Waals surface area contributed by atoms with Crippen molar-refractivity contribution < 1.29 is 4.79 Å². The summed E-state index contributed by atoms with van der Waals surface area (Å²) >= 11 is 5.92. The first-order valence-corrected chi connectivity index (χ1v) is 10.0. The Kier molecular flexibility index (Phi) is 6.37. The molecule has 2 fully saturated rings. The number of rotatable bonds is 5. The van der Waals surface area contributed by atoms with E-state index in [9.17, 15) is 4.79 Å². The summed E-state index contributed by atoms with van der Waals surface area (Å²) in [6.07, 6.45) is 6.25. The summed E-state index contributed by atoms with van der Waals surface area (Å²) in [5.41, 5.74) is 0.825. The van der Waals surface area contributed by atoms with Crippen LogP contribution in [0.1, 0.15) is 49.4 Å². The highest BCUT2D eigenvalue weighted by Crippen LogP contribution is 2.34. The normalized spacial score (nSPS) is 21.8. The van der Waals surface area contributed by atoms with Crippen molar-refractivity contribution in [2.75, 3.05) is 39.3 Å². The monoisotopic (exact) mass is 363 g/mol. The van der Waals surface area contributed by atoms with Crippen LogP contribution in [0.5, 0.6) is 0 Å². The van der Waals surface area contributed by atoms with Crippen molar-refractivity contribution in [3.8, 4) is 0 Å². The Morgan fingerprint density at radius 3 is 2.32 bits per heavy atom. The largest absolute Gasteiger partial charge is 0.350 e. The lowest BCUT2D eigenvalue weighted by molar-refractivity contribution is 0.00924. The average Bonchev–Trinajstić information content (AvgIpc) is 2.67. The summed E-state index contributed by atoms with van der Waals surface area (Å²) in [5.74, 6) is 0.00816. The molecule has 25 heavy (non-hydrogen) atoms. The zero-order chi connectivity index (χ0) is 17.7. The number of amides is 1. The Labute approximate surface area is 156 Å². The number of likely N-dealkylation sites (N-methyl/N-ethyl adjacent to an activating group) is 1. The Morgan fingerprint density at radius 1 is 1.08 bits per heavy atom. The second kappa shape index (κ2) is 8.52. The Balaban J connectivity index is 1.64. The molecule has 2 aliphatic rings. The molecule has 1 aromatic carbocycles. The van der Waals surface area contributed by atoms with E-state index in [0.717, 1.165) is 39.3 Å². The molecule has 4 nitrogen and oxygen atoms in total. The minimum absolute atomic E-state index is 0.00816. The van der Waals surface area contributed by atoms with E-state index in [0.29, 0.717) is 10.6 Å². The SMILES string of the molecule is CCN1CCN(C2(CNC(=O)c3ccc(Cl)cc3)CCCCC2)CC1. The lowest BCUT2D eigenvalue weighted by Gasteiger charge is -2.50. The van der Waals surface area contributed by atoms with Crippen LogP contribution in [0.2, 0.25) is 5.02 Å². The fraction of sp³-hybridized carbons (Fsp3) is 0.650. The van der Waals surface area contributed by atoms with Gasteiger partial charge in [-0.2, -0.15) is 0 Å². The molecular formula is C20H30ClN3O. The molecule has 1 amide bonds. The number of benzene rings is 1. The van der Waals surface area contributed by atoms with Crippen LogP contribution in [-0.2, 0) is 0 Å². The van der Waals surface area contributed by atoms with Gasteiger partial charge in [0, 0.05) is 48.8 Å². The zero-order valence-corrected chi connectivity index (χ0v) is 16.0. The van der Waals surface area contributed by atoms with E-state index in [4.69, 9.17) is 11.6 Å². The molecule has 3 rings (SSSR count). The van der Waals surface area contributed by atoms with E-state index in [1.807, 2.05) is 0 Å². The first-order valence-electron chi connectivity index (χ1n) is 9.64. The molecule has 1 N–H and O–H groups in total. The fourth-order valence-electron chi connectivity index (χ4n) is 4.30. The molecule has 0 radical (unpaired) electrons. The van der Waals surface area contributed by atoms with Gasteiger partial charge in [-0.15, -0.1) is 0 Å². The molecule has 0 atom stereocenters. The van der Waals surface area contributed by atoms with Crippen molar-refractivity contribution in [2.24, 2.45) is 0 Å². The highest BCUT2D eigenvalue weighted by Gasteiger charge is 2.39. The molecule has 1 saturated carbocycles. The summed E-state index contributed by atoms with van der Waals surface area (Å²) in [6, 6.07) is 7.14. The average molecular weight is 364 g/mol. The van der Waals surface area contributed by atoms with Gasteiger partial charge < -0.3 is 10.2 Å². The lowest BCUT2D eigenvalue weighted by Crippen LogP contribution is -2.61. The molecule has 0 spiro atoms. The molecule has 1 aliphatic heterocycles. The molecule has 1 saturated heterocycles. The van der Waals surface area contributed by atoms with Gasteiger partial charge in [-0.25, -0.2) is 0 Å². The lowest BCUT2D eigenvalue weighted by atomic mass is 9.79. The molecule has 0 aromatic heterocycles. The van der Waals surface area contributed by atoms with Crippen molar-refractivity contribution in [2.45, 2.75) is 44.6 Å². The third-order valence-corrected chi connectivity index (χ3v) is 6.21. The van der Waals surface area contributed by atoms with Gasteiger partial charge in [0.2, 0.25) is 0 Å². The van der Waals surface area contributed by atoms with Crippen LogP contribution in [0.3, 0.4) is 0 Å². The van der Waals surface area contributed by atoms with Crippen molar-refractivity contribution in [1.82, 2.24) is 15.1 Å². The van der Waals surface area contributed by atoms with E-state index < -0.39 is 0 Å². The number of halogens is 1. The Hall–Kier alpha value is -1.10. The minimum atomic E-state index is 0.00816. The summed E-state index contributed by atoms with van der Waals surface area (Å²) in [5, 5.41) is 3.88. The predicted molar refractivity (Wildman–Crippen MR) is 103 cm³/mol. The van der Waals surface area contributed by atoms with Crippen molar-refractivity contribution in [3.63, 3.8) is 0 Å². The number of carbonyl (C=O) groups excluding carboxylic acids is 1. The fourth-order valence-corrected chi connectivity index (χ4v) is 4.43. The van der Waals surface area contributed by atoms with Crippen LogP contribution in [-0.4, -0.2) is 60.5 Å². The van der Waals surface area contributed by atoms with E-state index in [1.54, 1.807) is 24.3 Å². The number of hydrogen-bond acceptors (Lipinski definition) is 3. The number of carbonyl (C=O) groups is 1. The van der Waals surface area contributed by atoms with Crippen LogP contribution in [0.15, 0.2) is 24.3 Å². The van der Waals surface area contributed by atoms with E-state index in [1.165, 1.54) is 32.1 Å². The second-order valence-electron chi connectivity index (χ2n) is 7.40. The highest BCUT2D eigenvalue weighted by molar-refractivity contribution is 6.30. The maximum absolute atomic E-state index is 12.5. The van der Waals surface area contributed by atoms with Crippen LogP contribution in [0.4, 0.5) is 0 Å². The van der Waals surface area contributed by atoms with Gasteiger partial charge in [-0.05, 0) is 43.7 Å². The number of piperazine rings is 1. The quantitative estimate of drug-likeness (QED) is 0.870. The standard InChI is InChI=1S/C20H30ClN3O/c1-2-23-12-14-24(15-13-23)20(10-4-3-5-11-20)16-22-19(25)17-6-8-18(21)9-7-17/h6-9H,2-5,10-16H2,1H3,(H,22,25). The summed E-state index contributed by atoms with van der Waals surface area (Å²) in [7, 11) is 0. The van der Waals surface area contributed by atoms with Gasteiger partial charge in [0.25, 0.3) is 5.91 Å². The van der Waals surface area contributed by atoms with Gasteiger partial charge in [0.05, 0.1) is 0 Å². The summed E-state index contributed by atoms with van der Waals surface area (Å²) in [4.78, 5) is 17.7. The number of nitrogens with one attached hydrogen (secondary N) is 1. The molecule has 138 valence electrons. The van der Waals surface area contributed by atoms with Gasteiger partial charge >= 0.3 is 0 Å². The van der Waals surface area contributed by atoms with E-state index >= 15 is 0 Å². The zero-order valence-electron chi connectivity index (χ0n) is 15.3. The van der Waals surface area contributed by atoms with E-state index in [-0.39, 0.29) is 11.4 Å². The van der Waals surface area contributed by atoms with Crippen molar-refractivity contribution >= 4 is 17.5 Å². The molecular weight excluding hydrogens is 334 g/mol. The van der Waals surface area contributed by atoms with Crippen LogP contribution < -0.4 is 5.32 Å². The molecule has 0 unspecified atom stereocenters. The van der Waals surface area contributed by atoms with Crippen LogP contribution in [0, 0.1) is 0 Å². The molecule has 5 heteroatoms. The van der Waals surface area contributed by atoms with Gasteiger partial charge in [0.15, 0.2) is 0 Å². The van der Waals surface area contributed by atoms with Gasteiger partial charge in [-0.1, -0.05) is 37.8 Å². The van der Waals surface area contributed by atoms with Gasteiger partial charge in [-0.3, -0.25) is 9.69 Å². The second-order valence-corrected chi connectivity index (χ2v) is 7.83. The first-order chi connectivity index (χ1) is 12.1. The smallest absolute Gasteiger partial charge is 0.251 e. The van der Waals surface area contributed by atoms with Crippen LogP contribution in [0.25, 0.3) is 0 Å². The molecule has 0 bridgehead atoms. The van der Waals surface area contributed by atoms with E-state index in [2.05, 4.69) is 22.0 Å². The number of hydrogen-bond donors (Lipinski definition) is 1. The van der Waals surface area contributed by atoms with Crippen LogP contribution >= 0.6 is 11.6 Å². The van der Waals surface area contributed by atoms with Crippen molar-refractivity contribution in [1.29, 1.82) is 0 Å².